The van der Waals surface area contributed by atoms with Gasteiger partial charge in [-0.05, 0) is 155 Å². The smallest absolute Gasteiger partial charge is 0.0708 e. The first-order valence-corrected chi connectivity index (χ1v) is 26.8. The van der Waals surface area contributed by atoms with E-state index in [9.17, 15) is 0 Å². The van der Waals surface area contributed by atoms with Crippen LogP contribution < -0.4 is 4.90 Å². The van der Waals surface area contributed by atoms with Crippen molar-refractivity contribution in [1.82, 2.24) is 19.5 Å². The number of pyridine rings is 3. The number of allylic oxidation sites excluding steroid dienone is 5. The van der Waals surface area contributed by atoms with Gasteiger partial charge in [0.1, 0.15) is 0 Å². The second-order valence-electron chi connectivity index (χ2n) is 19.2. The number of fused-ring (bicyclic) bond motifs is 6. The Labute approximate surface area is 452 Å². The number of nitrogens with zero attached hydrogens (tertiary/aromatic N) is 5. The van der Waals surface area contributed by atoms with Gasteiger partial charge in [0.05, 0.1) is 28.1 Å². The third kappa shape index (κ3) is 8.61. The molecule has 0 atom stereocenters. The van der Waals surface area contributed by atoms with E-state index in [1.165, 1.54) is 20.2 Å². The van der Waals surface area contributed by atoms with Gasteiger partial charge in [-0.2, -0.15) is 0 Å². The van der Waals surface area contributed by atoms with E-state index in [1.807, 2.05) is 72.4 Å². The summed E-state index contributed by atoms with van der Waals surface area (Å²) in [5.74, 6) is 0. The van der Waals surface area contributed by atoms with E-state index in [1.54, 1.807) is 0 Å². The van der Waals surface area contributed by atoms with Crippen molar-refractivity contribution in [1.29, 1.82) is 0 Å². The molecule has 0 aliphatic rings. The van der Waals surface area contributed by atoms with Gasteiger partial charge in [-0.3, -0.25) is 15.0 Å². The number of aromatic nitrogens is 4. The zero-order valence-corrected chi connectivity index (χ0v) is 43.5. The highest BCUT2D eigenvalue weighted by atomic mass is 32.1. The fourth-order valence-electron chi connectivity index (χ4n) is 11.1. The molecule has 13 aromatic rings. The number of hydrogen-bond donors (Lipinski definition) is 0. The minimum absolute atomic E-state index is 0.880. The predicted octanol–water partition coefficient (Wildman–Crippen LogP) is 19.1. The van der Waals surface area contributed by atoms with E-state index >= 15 is 0 Å². The number of rotatable bonds is 12. The predicted molar refractivity (Wildman–Crippen MR) is 327 cm³/mol. The van der Waals surface area contributed by atoms with Gasteiger partial charge < -0.3 is 9.47 Å². The third-order valence-corrected chi connectivity index (χ3v) is 15.9. The lowest BCUT2D eigenvalue weighted by Gasteiger charge is -2.24. The summed E-state index contributed by atoms with van der Waals surface area (Å²) in [5.41, 5.74) is 20.5. The highest BCUT2D eigenvalue weighted by Gasteiger charge is 2.21. The normalized spacial score (nSPS) is 12.0. The Balaban J connectivity index is 0.958. The summed E-state index contributed by atoms with van der Waals surface area (Å²) >= 11 is 1.84. The van der Waals surface area contributed by atoms with Crippen molar-refractivity contribution in [2.24, 2.45) is 0 Å². The summed E-state index contributed by atoms with van der Waals surface area (Å²) in [5, 5.41) is 4.76. The van der Waals surface area contributed by atoms with Gasteiger partial charge in [-0.15, -0.1) is 11.3 Å². The zero-order chi connectivity index (χ0) is 51.8. The van der Waals surface area contributed by atoms with Crippen LogP contribution in [0.1, 0.15) is 18.2 Å². The molecule has 8 aromatic carbocycles. The van der Waals surface area contributed by atoms with Crippen molar-refractivity contribution in [3.63, 3.8) is 0 Å². The van der Waals surface area contributed by atoms with Gasteiger partial charge in [-0.1, -0.05) is 140 Å². The zero-order valence-electron chi connectivity index (χ0n) is 42.7. The van der Waals surface area contributed by atoms with Crippen LogP contribution in [0.5, 0.6) is 0 Å². The minimum Gasteiger partial charge on any atom is -0.344 e. The van der Waals surface area contributed by atoms with Gasteiger partial charge >= 0.3 is 0 Å². The molecule has 5 heterocycles. The molecular formula is C71H51N5S. The fourth-order valence-corrected chi connectivity index (χ4v) is 12.1. The molecule has 0 saturated carbocycles. The highest BCUT2D eigenvalue weighted by Crippen LogP contribution is 2.45. The molecule has 0 bridgehead atoms. The van der Waals surface area contributed by atoms with E-state index in [-0.39, 0.29) is 0 Å². The maximum absolute atomic E-state index is 4.77. The van der Waals surface area contributed by atoms with Crippen LogP contribution in [0.4, 0.5) is 11.4 Å². The van der Waals surface area contributed by atoms with Gasteiger partial charge in [0.2, 0.25) is 0 Å². The molecule has 0 spiro atoms. The van der Waals surface area contributed by atoms with Crippen molar-refractivity contribution in [3.8, 4) is 61.6 Å². The van der Waals surface area contributed by atoms with Gasteiger partial charge in [-0.25, -0.2) is 0 Å². The van der Waals surface area contributed by atoms with Crippen LogP contribution in [0.2, 0.25) is 0 Å². The lowest BCUT2D eigenvalue weighted by molar-refractivity contribution is 1.19. The topological polar surface area (TPSA) is 46.8 Å². The molecule has 13 rings (SSSR count). The van der Waals surface area contributed by atoms with Crippen LogP contribution in [0.3, 0.4) is 0 Å². The van der Waals surface area contributed by atoms with E-state index < -0.39 is 0 Å². The van der Waals surface area contributed by atoms with Crippen molar-refractivity contribution >= 4 is 75.8 Å². The molecule has 0 fully saturated rings. The van der Waals surface area contributed by atoms with Crippen molar-refractivity contribution in [3.05, 3.63) is 279 Å². The molecule has 77 heavy (non-hydrogen) atoms. The standard InChI is InChI=1S/C71H51N5S/c1-4-19-54(53(5-2)64-26-13-16-39-72-64)49-30-35-68-60(43-49)61-44-50(56-23-10-12-25-58(56)66-28-15-18-41-74-66)31-36-69(61)76(68)52-33-38-71-63(46-52)62-45-51(32-37-70(62)77-71)75(3)67-34-29-48(42-59(67)47-20-7-6-8-21-47)55-22-9-11-24-57(55)65-27-14-17-40-73-65/h4-46H,2H2,1,3H3/b19-4-,54-53-. The van der Waals surface area contributed by atoms with Crippen LogP contribution in [-0.2, 0) is 0 Å². The SMILES string of the molecule is C=C/C(=C(\C=C/C)c1ccc2c(c1)c1cc(-c3ccccc3-c3ccccn3)ccc1n2-c1ccc2sc3ccc(N(C)c4ccc(-c5ccccc5-c5ccccn5)cc4-c4ccccc4)cc3c2c1)c1ccccn1. The lowest BCUT2D eigenvalue weighted by Crippen LogP contribution is -2.10. The molecule has 0 saturated heterocycles. The summed E-state index contributed by atoms with van der Waals surface area (Å²) in [6, 6.07) is 80.6. The second-order valence-corrected chi connectivity index (χ2v) is 20.3. The molecule has 6 heteroatoms. The fraction of sp³-hybridized carbons (Fsp3) is 0.0282. The Hall–Kier alpha value is -9.75. The number of anilines is 2. The summed E-state index contributed by atoms with van der Waals surface area (Å²) in [4.78, 5) is 16.6. The average molecular weight is 1010 g/mol. The summed E-state index contributed by atoms with van der Waals surface area (Å²) in [6.07, 6.45) is 11.7. The average Bonchev–Trinajstić information content (AvgIpc) is 4.11. The van der Waals surface area contributed by atoms with E-state index in [2.05, 4.69) is 230 Å². The van der Waals surface area contributed by atoms with Crippen LogP contribution in [0, 0.1) is 0 Å². The van der Waals surface area contributed by atoms with Crippen molar-refractivity contribution in [2.45, 2.75) is 6.92 Å². The first-order chi connectivity index (χ1) is 38.0. The molecule has 0 radical (unpaired) electrons. The quantitative estimate of drug-likeness (QED) is 0.114. The maximum Gasteiger partial charge on any atom is 0.0708 e. The molecule has 0 amide bonds. The number of thiophene rings is 1. The van der Waals surface area contributed by atoms with Gasteiger partial charge in [0.15, 0.2) is 0 Å². The first-order valence-electron chi connectivity index (χ1n) is 25.9. The summed E-state index contributed by atoms with van der Waals surface area (Å²) in [6.45, 7) is 6.33. The van der Waals surface area contributed by atoms with Crippen LogP contribution in [0.15, 0.2) is 268 Å². The Bertz CT molecular complexity index is 4420. The first kappa shape index (κ1) is 47.0. The van der Waals surface area contributed by atoms with Crippen molar-refractivity contribution < 1.29 is 0 Å². The second kappa shape index (κ2) is 20.2. The molecule has 5 aromatic heterocycles. The maximum atomic E-state index is 4.77. The molecule has 5 nitrogen and oxygen atoms in total. The van der Waals surface area contributed by atoms with Crippen LogP contribution in [-0.4, -0.2) is 26.6 Å². The van der Waals surface area contributed by atoms with Crippen LogP contribution in [0.25, 0.3) is 115 Å². The minimum atomic E-state index is 0.880. The Kier molecular flexibility index (Phi) is 12.3. The molecule has 0 aliphatic heterocycles. The Morgan fingerprint density at radius 1 is 0.468 bits per heavy atom. The third-order valence-electron chi connectivity index (χ3n) is 14.7. The Morgan fingerprint density at radius 3 is 1.70 bits per heavy atom. The van der Waals surface area contributed by atoms with Crippen LogP contribution >= 0.6 is 11.3 Å². The monoisotopic (exact) mass is 1010 g/mol. The molecule has 0 aliphatic carbocycles. The molecule has 0 unspecified atom stereocenters. The van der Waals surface area contributed by atoms with E-state index in [0.29, 0.717) is 0 Å². The molecule has 0 N–H and O–H groups in total. The summed E-state index contributed by atoms with van der Waals surface area (Å²) in [7, 11) is 2.19. The molecular weight excluding hydrogens is 955 g/mol. The molecule has 366 valence electrons. The lowest BCUT2D eigenvalue weighted by atomic mass is 9.93. The van der Waals surface area contributed by atoms with E-state index in [4.69, 9.17) is 15.0 Å². The number of benzene rings is 8. The summed E-state index contributed by atoms with van der Waals surface area (Å²) < 4.78 is 4.93. The Morgan fingerprint density at radius 2 is 1.05 bits per heavy atom. The van der Waals surface area contributed by atoms with E-state index in [0.717, 1.165) is 117 Å². The van der Waals surface area contributed by atoms with Gasteiger partial charge in [0.25, 0.3) is 0 Å². The van der Waals surface area contributed by atoms with Gasteiger partial charge in [0, 0.05) is 95.9 Å². The number of hydrogen-bond acceptors (Lipinski definition) is 5. The highest BCUT2D eigenvalue weighted by molar-refractivity contribution is 7.25. The largest absolute Gasteiger partial charge is 0.344 e. The van der Waals surface area contributed by atoms with Crippen molar-refractivity contribution in [2.75, 3.05) is 11.9 Å².